The molecule has 0 radical (unpaired) electrons. The number of piperidine rings is 1. The molecule has 6 nitrogen and oxygen atoms in total. The van der Waals surface area contributed by atoms with E-state index in [-0.39, 0.29) is 17.6 Å². The van der Waals surface area contributed by atoms with E-state index in [0.717, 1.165) is 0 Å². The molecular weight excluding hydrogens is 270 g/mol. The molecule has 1 aromatic carbocycles. The topological polar surface area (TPSA) is 78.5 Å². The largest absolute Gasteiger partial charge is 0.326 e. The van der Waals surface area contributed by atoms with Gasteiger partial charge >= 0.3 is 0 Å². The Balaban J connectivity index is 1.82. The van der Waals surface area contributed by atoms with E-state index in [4.69, 9.17) is 0 Å². The summed E-state index contributed by atoms with van der Waals surface area (Å²) in [6, 6.07) is 6.94. The second-order valence-corrected chi connectivity index (χ2v) is 5.12. The zero-order chi connectivity index (χ0) is 15.2. The first kappa shape index (κ1) is 15.2. The molecule has 0 saturated carbocycles. The maximum Gasteiger partial charge on any atom is 0.238 e. The number of ketones is 1. The van der Waals surface area contributed by atoms with Crippen LogP contribution in [0.3, 0.4) is 0 Å². The molecule has 1 saturated heterocycles. The molecule has 1 heterocycles. The van der Waals surface area contributed by atoms with Gasteiger partial charge in [-0.3, -0.25) is 19.3 Å². The average Bonchev–Trinajstić information content (AvgIpc) is 2.43. The lowest BCUT2D eigenvalue weighted by Gasteiger charge is -2.24. The molecule has 2 amide bonds. The van der Waals surface area contributed by atoms with E-state index < -0.39 is 0 Å². The van der Waals surface area contributed by atoms with Gasteiger partial charge in [0.1, 0.15) is 5.78 Å². The smallest absolute Gasteiger partial charge is 0.238 e. The lowest BCUT2D eigenvalue weighted by molar-refractivity contribution is -0.124. The fraction of sp³-hybridized carbons (Fsp3) is 0.400. The maximum absolute atomic E-state index is 11.9. The number of likely N-dealkylation sites (tertiary alicyclic amines) is 1. The number of nitrogens with zero attached hydrogens (tertiary/aromatic N) is 1. The predicted octanol–water partition coefficient (Wildman–Crippen LogP) is 1.25. The first-order chi connectivity index (χ1) is 10.0. The van der Waals surface area contributed by atoms with Crippen LogP contribution in [0.5, 0.6) is 0 Å². The molecule has 0 aromatic heterocycles. The summed E-state index contributed by atoms with van der Waals surface area (Å²) in [6.45, 7) is 3.03. The van der Waals surface area contributed by atoms with Crippen molar-refractivity contribution in [2.45, 2.75) is 19.8 Å². The van der Waals surface area contributed by atoms with Gasteiger partial charge in [0.15, 0.2) is 0 Å². The molecule has 6 heteroatoms. The molecule has 1 aromatic rings. The molecule has 1 aliphatic rings. The highest BCUT2D eigenvalue weighted by molar-refractivity contribution is 5.93. The normalized spacial score (nSPS) is 15.6. The van der Waals surface area contributed by atoms with Gasteiger partial charge in [-0.05, 0) is 24.3 Å². The molecule has 21 heavy (non-hydrogen) atoms. The zero-order valence-corrected chi connectivity index (χ0v) is 12.0. The van der Waals surface area contributed by atoms with Crippen LogP contribution in [0, 0.1) is 0 Å². The van der Waals surface area contributed by atoms with Crippen LogP contribution < -0.4 is 10.6 Å². The Bertz CT molecular complexity index is 530. The summed E-state index contributed by atoms with van der Waals surface area (Å²) in [5, 5.41) is 5.47. The number of benzene rings is 1. The summed E-state index contributed by atoms with van der Waals surface area (Å²) in [6.07, 6.45) is 1.05. The predicted molar refractivity (Wildman–Crippen MR) is 80.1 cm³/mol. The van der Waals surface area contributed by atoms with Crippen LogP contribution in [0.15, 0.2) is 24.3 Å². The van der Waals surface area contributed by atoms with Crippen molar-refractivity contribution in [1.82, 2.24) is 4.90 Å². The van der Waals surface area contributed by atoms with Gasteiger partial charge in [-0.15, -0.1) is 0 Å². The Hall–Kier alpha value is -2.21. The van der Waals surface area contributed by atoms with E-state index in [1.807, 2.05) is 4.90 Å². The number of carbonyl (C=O) groups is 3. The number of amides is 2. The van der Waals surface area contributed by atoms with Gasteiger partial charge in [0.25, 0.3) is 0 Å². The number of Topliss-reactive ketones (excluding diaryl/α,β-unsaturated/α-hetero) is 1. The van der Waals surface area contributed by atoms with Crippen LogP contribution >= 0.6 is 0 Å². The van der Waals surface area contributed by atoms with Crippen molar-refractivity contribution in [2.75, 3.05) is 30.3 Å². The van der Waals surface area contributed by atoms with E-state index in [1.54, 1.807) is 24.3 Å². The standard InChI is InChI=1S/C15H19N3O3/c1-11(19)16-12-2-4-13(5-3-12)17-15(21)10-18-8-6-14(20)7-9-18/h2-5H,6-10H2,1H3,(H,16,19)(H,17,21). The second kappa shape index (κ2) is 6.99. The zero-order valence-electron chi connectivity index (χ0n) is 12.0. The van der Waals surface area contributed by atoms with Crippen molar-refractivity contribution in [1.29, 1.82) is 0 Å². The molecule has 2 N–H and O–H groups in total. The van der Waals surface area contributed by atoms with E-state index >= 15 is 0 Å². The highest BCUT2D eigenvalue weighted by Crippen LogP contribution is 2.13. The van der Waals surface area contributed by atoms with E-state index in [2.05, 4.69) is 10.6 Å². The minimum atomic E-state index is -0.133. The minimum Gasteiger partial charge on any atom is -0.326 e. The fourth-order valence-electron chi connectivity index (χ4n) is 2.20. The molecule has 0 bridgehead atoms. The second-order valence-electron chi connectivity index (χ2n) is 5.12. The third-order valence-electron chi connectivity index (χ3n) is 3.27. The van der Waals surface area contributed by atoms with Gasteiger partial charge in [0, 0.05) is 44.2 Å². The van der Waals surface area contributed by atoms with Crippen molar-refractivity contribution in [3.05, 3.63) is 24.3 Å². The Kier molecular flexibility index (Phi) is 5.05. The summed E-state index contributed by atoms with van der Waals surface area (Å²) < 4.78 is 0. The Morgan fingerprint density at radius 1 is 1.05 bits per heavy atom. The Morgan fingerprint density at radius 2 is 1.57 bits per heavy atom. The van der Waals surface area contributed by atoms with Crippen molar-refractivity contribution in [3.8, 4) is 0 Å². The van der Waals surface area contributed by atoms with Crippen LogP contribution in [0.1, 0.15) is 19.8 Å². The van der Waals surface area contributed by atoms with Gasteiger partial charge < -0.3 is 10.6 Å². The first-order valence-electron chi connectivity index (χ1n) is 6.94. The van der Waals surface area contributed by atoms with E-state index in [1.165, 1.54) is 6.92 Å². The van der Waals surface area contributed by atoms with Gasteiger partial charge in [0.2, 0.25) is 11.8 Å². The number of rotatable bonds is 4. The lowest BCUT2D eigenvalue weighted by Crippen LogP contribution is -2.39. The molecule has 0 unspecified atom stereocenters. The van der Waals surface area contributed by atoms with E-state index in [0.29, 0.717) is 43.9 Å². The average molecular weight is 289 g/mol. The number of hydrogen-bond acceptors (Lipinski definition) is 4. The molecule has 1 aliphatic heterocycles. The van der Waals surface area contributed by atoms with Crippen LogP contribution in [0.2, 0.25) is 0 Å². The van der Waals surface area contributed by atoms with Crippen molar-refractivity contribution >= 4 is 29.0 Å². The van der Waals surface area contributed by atoms with Crippen molar-refractivity contribution < 1.29 is 14.4 Å². The Morgan fingerprint density at radius 3 is 2.10 bits per heavy atom. The summed E-state index contributed by atoms with van der Waals surface area (Å²) in [7, 11) is 0. The van der Waals surface area contributed by atoms with Crippen molar-refractivity contribution in [2.24, 2.45) is 0 Å². The van der Waals surface area contributed by atoms with Crippen molar-refractivity contribution in [3.63, 3.8) is 0 Å². The van der Waals surface area contributed by atoms with Crippen LogP contribution in [0.4, 0.5) is 11.4 Å². The Labute approximate surface area is 123 Å². The molecule has 0 atom stereocenters. The van der Waals surface area contributed by atoms with Gasteiger partial charge in [-0.1, -0.05) is 0 Å². The third-order valence-corrected chi connectivity index (χ3v) is 3.27. The highest BCUT2D eigenvalue weighted by atomic mass is 16.2. The SMILES string of the molecule is CC(=O)Nc1ccc(NC(=O)CN2CCC(=O)CC2)cc1. The number of carbonyl (C=O) groups excluding carboxylic acids is 3. The molecule has 112 valence electrons. The van der Waals surface area contributed by atoms with Crippen LogP contribution in [0.25, 0.3) is 0 Å². The van der Waals surface area contributed by atoms with Crippen LogP contribution in [-0.2, 0) is 14.4 Å². The molecule has 0 spiro atoms. The molecule has 2 rings (SSSR count). The third kappa shape index (κ3) is 5.00. The summed E-state index contributed by atoms with van der Waals surface area (Å²) in [5.74, 6) is 0.0308. The highest BCUT2D eigenvalue weighted by Gasteiger charge is 2.18. The monoisotopic (exact) mass is 289 g/mol. The number of anilines is 2. The number of hydrogen-bond donors (Lipinski definition) is 2. The lowest BCUT2D eigenvalue weighted by atomic mass is 10.1. The quantitative estimate of drug-likeness (QED) is 0.874. The summed E-state index contributed by atoms with van der Waals surface area (Å²) in [5.41, 5.74) is 1.37. The molecular formula is C15H19N3O3. The minimum absolute atomic E-state index is 0.100. The summed E-state index contributed by atoms with van der Waals surface area (Å²) >= 11 is 0. The fourth-order valence-corrected chi connectivity index (χ4v) is 2.20. The van der Waals surface area contributed by atoms with Gasteiger partial charge in [-0.2, -0.15) is 0 Å². The van der Waals surface area contributed by atoms with Crippen LogP contribution in [-0.4, -0.2) is 42.1 Å². The first-order valence-corrected chi connectivity index (χ1v) is 6.94. The van der Waals surface area contributed by atoms with Gasteiger partial charge in [-0.25, -0.2) is 0 Å². The summed E-state index contributed by atoms with van der Waals surface area (Å²) in [4.78, 5) is 35.9. The van der Waals surface area contributed by atoms with E-state index in [9.17, 15) is 14.4 Å². The number of nitrogens with one attached hydrogen (secondary N) is 2. The molecule has 0 aliphatic carbocycles. The molecule has 1 fully saturated rings. The van der Waals surface area contributed by atoms with Gasteiger partial charge in [0.05, 0.1) is 6.54 Å². The maximum atomic E-state index is 11.9.